The van der Waals surface area contributed by atoms with E-state index in [1.807, 2.05) is 0 Å². The van der Waals surface area contributed by atoms with Gasteiger partial charge in [-0.25, -0.2) is 0 Å². The van der Waals surface area contributed by atoms with Gasteiger partial charge in [-0.3, -0.25) is 4.79 Å². The first-order valence-electron chi connectivity index (χ1n) is 14.0. The summed E-state index contributed by atoms with van der Waals surface area (Å²) < 4.78 is 0. The molecule has 4 rings (SSSR count). The van der Waals surface area contributed by atoms with E-state index in [2.05, 4.69) is 39.1 Å². The van der Waals surface area contributed by atoms with Gasteiger partial charge in [0.15, 0.2) is 0 Å². The van der Waals surface area contributed by atoms with Crippen LogP contribution >= 0.6 is 0 Å². The third-order valence-electron chi connectivity index (χ3n) is 10.6. The Labute approximate surface area is 197 Å². The van der Waals surface area contributed by atoms with Gasteiger partial charge in [0, 0.05) is 19.0 Å². The van der Waals surface area contributed by atoms with E-state index in [0.29, 0.717) is 29.8 Å². The number of amides is 1. The molecule has 0 aromatic heterocycles. The van der Waals surface area contributed by atoms with Crippen LogP contribution in [0.4, 0.5) is 0 Å². The van der Waals surface area contributed by atoms with Crippen molar-refractivity contribution in [2.75, 3.05) is 6.54 Å². The van der Waals surface area contributed by atoms with E-state index >= 15 is 0 Å². The minimum Gasteiger partial charge on any atom is -0.353 e. The standard InChI is InChI=1S/C29H50N2O/c1-20(2)7-5-6-8-21-10-12-25-24-11-9-22-19-23(31-27(32)15-18-30)13-16-29(22,4)26(24)14-17-28(21,25)3/h9,20-21,23-26H,5-8,10-19,30H2,1-4H3,(H,31,32)/t21-,23-,24?,25?,26?,28+,29-/m0/s1. The number of hydrogen-bond donors (Lipinski definition) is 2. The molecular weight excluding hydrogens is 392 g/mol. The molecule has 3 heteroatoms. The molecule has 3 N–H and O–H groups in total. The van der Waals surface area contributed by atoms with Gasteiger partial charge < -0.3 is 11.1 Å². The molecule has 4 aliphatic rings. The Morgan fingerprint density at radius 3 is 2.69 bits per heavy atom. The van der Waals surface area contributed by atoms with E-state index in [1.54, 1.807) is 5.57 Å². The zero-order valence-electron chi connectivity index (χ0n) is 21.4. The number of unbranched alkanes of at least 4 members (excludes halogenated alkanes) is 1. The summed E-state index contributed by atoms with van der Waals surface area (Å²) in [5, 5.41) is 3.26. The van der Waals surface area contributed by atoms with Gasteiger partial charge >= 0.3 is 0 Å². The lowest BCUT2D eigenvalue weighted by atomic mass is 9.47. The topological polar surface area (TPSA) is 55.1 Å². The molecule has 1 amide bonds. The van der Waals surface area contributed by atoms with Crippen molar-refractivity contribution >= 4 is 5.91 Å². The normalized spacial score (nSPS) is 40.9. The fourth-order valence-electron chi connectivity index (χ4n) is 8.74. The van der Waals surface area contributed by atoms with Gasteiger partial charge in [-0.05, 0) is 98.2 Å². The summed E-state index contributed by atoms with van der Waals surface area (Å²) in [6, 6.07) is 0.320. The Kier molecular flexibility index (Phi) is 7.45. The highest BCUT2D eigenvalue weighted by atomic mass is 16.1. The number of carbonyl (C=O) groups is 1. The monoisotopic (exact) mass is 442 g/mol. The number of nitrogens with one attached hydrogen (secondary N) is 1. The van der Waals surface area contributed by atoms with Crippen molar-refractivity contribution in [3.63, 3.8) is 0 Å². The maximum absolute atomic E-state index is 12.1. The van der Waals surface area contributed by atoms with Crippen LogP contribution in [0.25, 0.3) is 0 Å². The summed E-state index contributed by atoms with van der Waals surface area (Å²) >= 11 is 0. The summed E-state index contributed by atoms with van der Waals surface area (Å²) in [7, 11) is 0. The summed E-state index contributed by atoms with van der Waals surface area (Å²) in [6.07, 6.45) is 19.4. The molecule has 3 unspecified atom stereocenters. The fraction of sp³-hybridized carbons (Fsp3) is 0.897. The second-order valence-electron chi connectivity index (χ2n) is 12.8. The smallest absolute Gasteiger partial charge is 0.221 e. The SMILES string of the molecule is CC(C)CCCC[C@H]1CCC2C3CC=C4C[C@@H](NC(=O)CCN)CC[C@]4(C)C3CC[C@@]21C. The van der Waals surface area contributed by atoms with Crippen LogP contribution in [-0.2, 0) is 4.79 Å². The van der Waals surface area contributed by atoms with Crippen LogP contribution < -0.4 is 11.1 Å². The number of rotatable bonds is 8. The molecule has 0 aromatic rings. The van der Waals surface area contributed by atoms with Gasteiger partial charge in [0.25, 0.3) is 0 Å². The molecule has 32 heavy (non-hydrogen) atoms. The average Bonchev–Trinajstić information content (AvgIpc) is 3.08. The molecule has 0 saturated heterocycles. The van der Waals surface area contributed by atoms with Crippen molar-refractivity contribution in [2.45, 2.75) is 117 Å². The van der Waals surface area contributed by atoms with E-state index in [4.69, 9.17) is 5.73 Å². The molecule has 0 bridgehead atoms. The molecule has 182 valence electrons. The zero-order valence-corrected chi connectivity index (χ0v) is 21.4. The Hall–Kier alpha value is -0.830. The maximum atomic E-state index is 12.1. The van der Waals surface area contributed by atoms with Crippen LogP contribution in [-0.4, -0.2) is 18.5 Å². The number of carbonyl (C=O) groups excluding carboxylic acids is 1. The summed E-state index contributed by atoms with van der Waals surface area (Å²) in [5.74, 6) is 4.65. The molecule has 3 saturated carbocycles. The molecule has 3 fully saturated rings. The van der Waals surface area contributed by atoms with Crippen LogP contribution in [0.5, 0.6) is 0 Å². The molecule has 0 aromatic carbocycles. The summed E-state index contributed by atoms with van der Waals surface area (Å²) in [6.45, 7) is 10.4. The highest BCUT2D eigenvalue weighted by molar-refractivity contribution is 5.76. The second kappa shape index (κ2) is 9.80. The lowest BCUT2D eigenvalue weighted by Crippen LogP contribution is -2.51. The number of fused-ring (bicyclic) bond motifs is 5. The predicted molar refractivity (Wildman–Crippen MR) is 134 cm³/mol. The third kappa shape index (κ3) is 4.57. The maximum Gasteiger partial charge on any atom is 0.221 e. The molecule has 0 aliphatic heterocycles. The number of hydrogen-bond acceptors (Lipinski definition) is 2. The van der Waals surface area contributed by atoms with Crippen molar-refractivity contribution < 1.29 is 4.79 Å². The molecule has 0 spiro atoms. The molecular formula is C29H50N2O. The number of allylic oxidation sites excluding steroid dienone is 1. The summed E-state index contributed by atoms with van der Waals surface area (Å²) in [5.41, 5.74) is 8.19. The van der Waals surface area contributed by atoms with Gasteiger partial charge in [0.05, 0.1) is 0 Å². The Morgan fingerprint density at radius 1 is 1.12 bits per heavy atom. The largest absolute Gasteiger partial charge is 0.353 e. The Bertz CT molecular complexity index is 699. The Balaban J connectivity index is 1.41. The van der Waals surface area contributed by atoms with Gasteiger partial charge in [0.2, 0.25) is 5.91 Å². The van der Waals surface area contributed by atoms with Crippen LogP contribution in [0.15, 0.2) is 11.6 Å². The van der Waals surface area contributed by atoms with E-state index in [-0.39, 0.29) is 5.91 Å². The van der Waals surface area contributed by atoms with Crippen molar-refractivity contribution in [2.24, 2.45) is 46.2 Å². The second-order valence-corrected chi connectivity index (χ2v) is 12.8. The number of nitrogens with two attached hydrogens (primary N) is 1. The first-order chi connectivity index (χ1) is 15.3. The van der Waals surface area contributed by atoms with Crippen molar-refractivity contribution in [3.05, 3.63) is 11.6 Å². The van der Waals surface area contributed by atoms with Crippen LogP contribution in [0.2, 0.25) is 0 Å². The molecule has 4 aliphatic carbocycles. The van der Waals surface area contributed by atoms with E-state index in [1.165, 1.54) is 64.2 Å². The first-order valence-corrected chi connectivity index (χ1v) is 14.0. The van der Waals surface area contributed by atoms with Crippen molar-refractivity contribution in [3.8, 4) is 0 Å². The van der Waals surface area contributed by atoms with Crippen LogP contribution in [0.3, 0.4) is 0 Å². The van der Waals surface area contributed by atoms with E-state index in [0.717, 1.165) is 42.4 Å². The Morgan fingerprint density at radius 2 is 1.94 bits per heavy atom. The lowest BCUT2D eigenvalue weighted by Gasteiger charge is -2.58. The quantitative estimate of drug-likeness (QED) is 0.328. The van der Waals surface area contributed by atoms with Crippen molar-refractivity contribution in [1.82, 2.24) is 5.32 Å². The van der Waals surface area contributed by atoms with Crippen molar-refractivity contribution in [1.29, 1.82) is 0 Å². The van der Waals surface area contributed by atoms with Crippen LogP contribution in [0, 0.1) is 40.4 Å². The van der Waals surface area contributed by atoms with Gasteiger partial charge in [-0.15, -0.1) is 0 Å². The predicted octanol–water partition coefficient (Wildman–Crippen LogP) is 6.62. The minimum absolute atomic E-state index is 0.134. The van der Waals surface area contributed by atoms with E-state index in [9.17, 15) is 4.79 Å². The van der Waals surface area contributed by atoms with Gasteiger partial charge in [0.1, 0.15) is 0 Å². The van der Waals surface area contributed by atoms with Gasteiger partial charge in [-0.2, -0.15) is 0 Å². The average molecular weight is 443 g/mol. The molecule has 7 atom stereocenters. The molecule has 0 radical (unpaired) electrons. The van der Waals surface area contributed by atoms with Gasteiger partial charge in [-0.1, -0.05) is 58.6 Å². The zero-order chi connectivity index (χ0) is 22.9. The lowest BCUT2D eigenvalue weighted by molar-refractivity contribution is -0.122. The van der Waals surface area contributed by atoms with E-state index < -0.39 is 0 Å². The fourth-order valence-corrected chi connectivity index (χ4v) is 8.74. The minimum atomic E-state index is 0.134. The van der Waals surface area contributed by atoms with Crippen LogP contribution in [0.1, 0.15) is 111 Å². The molecule has 3 nitrogen and oxygen atoms in total. The molecule has 0 heterocycles. The highest BCUT2D eigenvalue weighted by Crippen LogP contribution is 2.66. The first kappa shape index (κ1) is 24.3. The highest BCUT2D eigenvalue weighted by Gasteiger charge is 2.58. The summed E-state index contributed by atoms with van der Waals surface area (Å²) in [4.78, 5) is 12.1. The third-order valence-corrected chi connectivity index (χ3v) is 10.6.